The number of carbonyl (C=O) groups is 6. The molecule has 0 unspecified atom stereocenters. The molecule has 1 saturated heterocycles. The lowest BCUT2D eigenvalue weighted by molar-refractivity contribution is -0.162. The number of aliphatic carboxylic acids is 1. The molecule has 20 nitrogen and oxygen atoms in total. The number of methoxy groups -OCH3 is 2. The fraction of sp³-hybridized carbons (Fsp3) is 0.442. The number of carboxylic acids is 1. The highest BCUT2D eigenvalue weighted by Gasteiger charge is 2.52. The van der Waals surface area contributed by atoms with Gasteiger partial charge in [0.2, 0.25) is 11.8 Å². The number of hydrogen-bond donors (Lipinski definition) is 6. The van der Waals surface area contributed by atoms with E-state index >= 15 is 0 Å². The fourth-order valence-corrected chi connectivity index (χ4v) is 8.94. The molecule has 384 valence electrons. The zero-order valence-corrected chi connectivity index (χ0v) is 40.7. The number of fused-ring (bicyclic) bond motifs is 3. The summed E-state index contributed by atoms with van der Waals surface area (Å²) in [6.45, 7) is 9.16. The number of benzene rings is 3. The number of hydrogen-bond acceptors (Lipinski definition) is 14. The second kappa shape index (κ2) is 23.6. The Labute approximate surface area is 417 Å². The lowest BCUT2D eigenvalue weighted by Gasteiger charge is -2.36. The van der Waals surface area contributed by atoms with E-state index in [0.717, 1.165) is 10.5 Å². The number of nitrogens with one attached hydrogen (secondary N) is 3. The molecule has 3 aliphatic heterocycles. The minimum Gasteiger partial charge on any atom is -0.493 e. The summed E-state index contributed by atoms with van der Waals surface area (Å²) >= 11 is 0. The van der Waals surface area contributed by atoms with E-state index in [9.17, 15) is 39.0 Å². The lowest BCUT2D eigenvalue weighted by Crippen LogP contribution is -2.55. The number of unbranched alkanes of at least 4 members (excludes halogenated alkanes) is 2. The van der Waals surface area contributed by atoms with E-state index in [1.807, 2.05) is 0 Å². The molecule has 4 aliphatic rings. The third-order valence-electron chi connectivity index (χ3n) is 13.3. The van der Waals surface area contributed by atoms with Gasteiger partial charge in [0.1, 0.15) is 18.1 Å². The first-order chi connectivity index (χ1) is 34.7. The van der Waals surface area contributed by atoms with E-state index in [-0.39, 0.29) is 80.6 Å². The summed E-state index contributed by atoms with van der Waals surface area (Å²) in [5.74, 6) is -1.87. The minimum atomic E-state index is -1.55. The SMILES string of the molecule is C=C1CCC=Nc2cc(OCCCCCOc3cc4c(cc3OC)C(=O)N3CC(=C)C[C@H]3[C@H](O)N4C(=O)OCc3ccc(NC(=O)[C@H](CCCN)NC(=O)C4(C(=O)O)CCC4)cc3)c(OC)cc2C(=O)NC1. The van der Waals surface area contributed by atoms with E-state index in [1.54, 1.807) is 42.6 Å². The van der Waals surface area contributed by atoms with Crippen molar-refractivity contribution in [1.82, 2.24) is 15.5 Å². The van der Waals surface area contributed by atoms with Crippen LogP contribution in [0.4, 0.5) is 21.9 Å². The zero-order chi connectivity index (χ0) is 51.5. The molecule has 3 heterocycles. The largest absolute Gasteiger partial charge is 0.493 e. The first kappa shape index (κ1) is 52.4. The van der Waals surface area contributed by atoms with Crippen molar-refractivity contribution in [2.45, 2.75) is 95.5 Å². The maximum Gasteiger partial charge on any atom is 0.416 e. The molecule has 0 aromatic heterocycles. The standard InChI is InChI=1S/C52H63N7O13/c1-31-11-9-20-54-38-26-43(41(68-3)24-35(38)45(60)55-28-31)70-21-6-5-7-22-71-44-27-39-36(25-42(44)69-4)47(62)58-29-32(2)23-40(58)48(63)59(39)51(67)72-30-33-13-15-34(16-14-33)56-46(61)37(12-8-19-53)57-49(64)52(50(65)66)17-10-18-52/h13-16,20,24-27,37,40,48,63H,1-2,5-12,17-19,21-23,28-30,53H2,3-4H3,(H,55,60)(H,56,61)(H,57,64)(H,65,66)/t37-,40-,48-/m0/s1. The van der Waals surface area contributed by atoms with Gasteiger partial charge in [0.25, 0.3) is 11.8 Å². The van der Waals surface area contributed by atoms with Crippen molar-refractivity contribution in [2.75, 3.05) is 57.3 Å². The molecule has 0 bridgehead atoms. The summed E-state index contributed by atoms with van der Waals surface area (Å²) in [6.07, 6.45) is 4.47. The molecule has 5 amide bonds. The van der Waals surface area contributed by atoms with Gasteiger partial charge in [-0.15, -0.1) is 0 Å². The predicted octanol–water partition coefficient (Wildman–Crippen LogP) is 5.78. The Morgan fingerprint density at radius 3 is 2.24 bits per heavy atom. The Kier molecular flexibility index (Phi) is 17.2. The summed E-state index contributed by atoms with van der Waals surface area (Å²) in [4.78, 5) is 86.5. The van der Waals surface area contributed by atoms with Crippen LogP contribution in [0.15, 0.2) is 77.8 Å². The van der Waals surface area contributed by atoms with Gasteiger partial charge >= 0.3 is 12.1 Å². The van der Waals surface area contributed by atoms with Gasteiger partial charge in [0, 0.05) is 37.1 Å². The van der Waals surface area contributed by atoms with E-state index in [2.05, 4.69) is 34.1 Å². The van der Waals surface area contributed by atoms with Gasteiger partial charge < -0.3 is 60.5 Å². The molecule has 72 heavy (non-hydrogen) atoms. The number of amides is 5. The highest BCUT2D eigenvalue weighted by molar-refractivity contribution is 6.07. The fourth-order valence-electron chi connectivity index (χ4n) is 8.94. The van der Waals surface area contributed by atoms with Gasteiger partial charge in [-0.2, -0.15) is 0 Å². The second-order valence-corrected chi connectivity index (χ2v) is 18.3. The van der Waals surface area contributed by atoms with E-state index in [0.29, 0.717) is 97.7 Å². The van der Waals surface area contributed by atoms with Crippen LogP contribution in [-0.4, -0.2) is 122 Å². The number of aliphatic hydroxyl groups is 1. The number of aliphatic imine (C=N–C) groups is 1. The van der Waals surface area contributed by atoms with E-state index < -0.39 is 53.5 Å². The van der Waals surface area contributed by atoms with Crippen LogP contribution in [0.3, 0.4) is 0 Å². The summed E-state index contributed by atoms with van der Waals surface area (Å²) in [5, 5.41) is 29.8. The number of anilines is 2. The van der Waals surface area contributed by atoms with Crippen LogP contribution in [-0.2, 0) is 25.7 Å². The van der Waals surface area contributed by atoms with Crippen LogP contribution in [0, 0.1) is 5.41 Å². The normalized spacial score (nSPS) is 18.5. The molecular weight excluding hydrogens is 931 g/mol. The van der Waals surface area contributed by atoms with Crippen LogP contribution in [0.1, 0.15) is 96.9 Å². The average Bonchev–Trinajstić information content (AvgIpc) is 3.72. The molecule has 3 aromatic carbocycles. The van der Waals surface area contributed by atoms with Crippen molar-refractivity contribution in [2.24, 2.45) is 16.1 Å². The summed E-state index contributed by atoms with van der Waals surface area (Å²) in [6, 6.07) is 10.9. The Balaban J connectivity index is 0.982. The smallest absolute Gasteiger partial charge is 0.416 e. The maximum atomic E-state index is 14.1. The average molecular weight is 994 g/mol. The van der Waals surface area contributed by atoms with Gasteiger partial charge in [-0.25, -0.2) is 9.69 Å². The van der Waals surface area contributed by atoms with E-state index in [1.165, 1.54) is 31.3 Å². The van der Waals surface area contributed by atoms with Crippen molar-refractivity contribution >= 4 is 59.0 Å². The number of carbonyl (C=O) groups excluding carboxylic acids is 5. The van der Waals surface area contributed by atoms with Crippen molar-refractivity contribution in [3.8, 4) is 23.0 Å². The van der Waals surface area contributed by atoms with Gasteiger partial charge in [-0.3, -0.25) is 29.0 Å². The van der Waals surface area contributed by atoms with Gasteiger partial charge in [-0.1, -0.05) is 42.9 Å². The topological polar surface area (TPSA) is 270 Å². The third kappa shape index (κ3) is 11.8. The number of aliphatic hydroxyl groups excluding tert-OH is 1. The van der Waals surface area contributed by atoms with E-state index in [4.69, 9.17) is 29.4 Å². The minimum absolute atomic E-state index is 0.0615. The molecule has 1 aliphatic carbocycles. The number of rotatable bonds is 20. The molecule has 3 aromatic rings. The van der Waals surface area contributed by atoms with Crippen LogP contribution in [0.2, 0.25) is 0 Å². The molecular formula is C52H63N7O13. The molecule has 1 saturated carbocycles. The number of nitrogens with two attached hydrogens (primary N) is 1. The molecule has 7 N–H and O–H groups in total. The molecule has 0 radical (unpaired) electrons. The highest BCUT2D eigenvalue weighted by Crippen LogP contribution is 2.43. The lowest BCUT2D eigenvalue weighted by atomic mass is 9.68. The van der Waals surface area contributed by atoms with Gasteiger partial charge in [0.15, 0.2) is 29.2 Å². The number of nitrogens with zero attached hydrogens (tertiary/aromatic N) is 3. The van der Waals surface area contributed by atoms with Gasteiger partial charge in [-0.05, 0) is 101 Å². The monoisotopic (exact) mass is 993 g/mol. The van der Waals surface area contributed by atoms with Crippen molar-refractivity contribution in [3.63, 3.8) is 0 Å². The molecule has 2 fully saturated rings. The Hall–Kier alpha value is -7.45. The number of carboxylic acid groups (broad SMARTS) is 1. The quantitative estimate of drug-likeness (QED) is 0.0446. The first-order valence-corrected chi connectivity index (χ1v) is 24.1. The molecule has 0 spiro atoms. The first-order valence-electron chi connectivity index (χ1n) is 24.1. The molecule has 3 atom stereocenters. The maximum absolute atomic E-state index is 14.1. The molecule has 7 rings (SSSR count). The van der Waals surface area contributed by atoms with Crippen LogP contribution < -0.4 is 45.5 Å². The van der Waals surface area contributed by atoms with Gasteiger partial charge in [0.05, 0.1) is 56.0 Å². The Morgan fingerprint density at radius 2 is 1.60 bits per heavy atom. The van der Waals surface area contributed by atoms with Crippen molar-refractivity contribution < 1.29 is 62.7 Å². The molecule has 20 heteroatoms. The van der Waals surface area contributed by atoms with Crippen molar-refractivity contribution in [1.29, 1.82) is 0 Å². The summed E-state index contributed by atoms with van der Waals surface area (Å²) < 4.78 is 29.3. The van der Waals surface area contributed by atoms with Crippen LogP contribution in [0.5, 0.6) is 23.0 Å². The zero-order valence-electron chi connectivity index (χ0n) is 40.7. The Bertz CT molecular complexity index is 2600. The summed E-state index contributed by atoms with van der Waals surface area (Å²) in [5.41, 5.74) is 7.62. The van der Waals surface area contributed by atoms with Crippen molar-refractivity contribution in [3.05, 3.63) is 89.5 Å². The highest BCUT2D eigenvalue weighted by atomic mass is 16.6. The third-order valence-corrected chi connectivity index (χ3v) is 13.3. The number of ether oxygens (including phenoxy) is 5. The van der Waals surface area contributed by atoms with Crippen LogP contribution in [0.25, 0.3) is 0 Å². The van der Waals surface area contributed by atoms with Crippen LogP contribution >= 0.6 is 0 Å². The Morgan fingerprint density at radius 1 is 0.917 bits per heavy atom. The predicted molar refractivity (Wildman–Crippen MR) is 266 cm³/mol. The summed E-state index contributed by atoms with van der Waals surface area (Å²) in [7, 11) is 2.94. The second-order valence-electron chi connectivity index (χ2n) is 18.3.